The van der Waals surface area contributed by atoms with Crippen molar-refractivity contribution in [3.05, 3.63) is 163 Å². The van der Waals surface area contributed by atoms with Crippen molar-refractivity contribution < 1.29 is 27.4 Å². The van der Waals surface area contributed by atoms with Crippen LogP contribution in [0.3, 0.4) is 0 Å². The number of imidazole rings is 1. The van der Waals surface area contributed by atoms with Crippen molar-refractivity contribution in [1.82, 2.24) is 9.55 Å². The molecule has 0 unspecified atom stereocenters. The van der Waals surface area contributed by atoms with Crippen LogP contribution >= 0.6 is 0 Å². The van der Waals surface area contributed by atoms with E-state index < -0.39 is 11.7 Å². The molecule has 9 rings (SSSR count). The van der Waals surface area contributed by atoms with E-state index in [1.807, 2.05) is 77.4 Å². The molecule has 0 bridgehead atoms. The number of ether oxygens (including phenoxy) is 3. The van der Waals surface area contributed by atoms with Gasteiger partial charge in [0.15, 0.2) is 0 Å². The Hall–Kier alpha value is -7.06. The van der Waals surface area contributed by atoms with E-state index in [1.165, 1.54) is 12.1 Å². The molecule has 280 valence electrons. The normalized spacial score (nSPS) is 11.7. The van der Waals surface area contributed by atoms with Crippen LogP contribution in [0.15, 0.2) is 158 Å². The van der Waals surface area contributed by atoms with Gasteiger partial charge in [-0.15, -0.1) is 0 Å². The summed E-state index contributed by atoms with van der Waals surface area (Å²) in [5.74, 6) is 2.71. The van der Waals surface area contributed by atoms with Crippen molar-refractivity contribution in [3.63, 3.8) is 0 Å². The lowest BCUT2D eigenvalue weighted by atomic mass is 9.93. The van der Waals surface area contributed by atoms with Crippen molar-refractivity contribution in [2.45, 2.75) is 6.18 Å². The fraction of sp³-hybridized carbons (Fsp3) is 0.0816. The van der Waals surface area contributed by atoms with Gasteiger partial charge in [0.05, 0.1) is 37.9 Å². The number of methoxy groups -OCH3 is 3. The van der Waals surface area contributed by atoms with Gasteiger partial charge >= 0.3 is 6.18 Å². The molecule has 1 aromatic heterocycles. The molecule has 0 saturated carbocycles. The third-order valence-corrected chi connectivity index (χ3v) is 10.6. The van der Waals surface area contributed by atoms with Crippen LogP contribution in [0.1, 0.15) is 5.56 Å². The lowest BCUT2D eigenvalue weighted by Crippen LogP contribution is -2.06. The molecule has 0 spiro atoms. The van der Waals surface area contributed by atoms with Crippen molar-refractivity contribution in [2.24, 2.45) is 0 Å². The first-order valence-electron chi connectivity index (χ1n) is 18.4. The van der Waals surface area contributed by atoms with E-state index in [0.29, 0.717) is 28.3 Å². The van der Waals surface area contributed by atoms with Gasteiger partial charge in [0.25, 0.3) is 0 Å². The van der Waals surface area contributed by atoms with E-state index in [9.17, 15) is 13.2 Å². The van der Waals surface area contributed by atoms with Crippen LogP contribution in [0.2, 0.25) is 0 Å². The largest absolute Gasteiger partial charge is 0.497 e. The third kappa shape index (κ3) is 6.49. The lowest BCUT2D eigenvalue weighted by molar-refractivity contribution is -0.137. The Balaban J connectivity index is 1.33. The van der Waals surface area contributed by atoms with E-state index in [2.05, 4.69) is 60.7 Å². The number of benzene rings is 8. The van der Waals surface area contributed by atoms with Gasteiger partial charge in [-0.25, -0.2) is 4.98 Å². The van der Waals surface area contributed by atoms with Gasteiger partial charge in [-0.2, -0.15) is 13.2 Å². The zero-order valence-electron chi connectivity index (χ0n) is 31.3. The maximum absolute atomic E-state index is 14.3. The quantitative estimate of drug-likeness (QED) is 0.145. The number of alkyl halides is 3. The summed E-state index contributed by atoms with van der Waals surface area (Å²) in [6.45, 7) is 0. The van der Waals surface area contributed by atoms with Crippen LogP contribution in [0.4, 0.5) is 13.2 Å². The Morgan fingerprint density at radius 1 is 0.439 bits per heavy atom. The number of hydrogen-bond acceptors (Lipinski definition) is 4. The van der Waals surface area contributed by atoms with Gasteiger partial charge < -0.3 is 14.2 Å². The summed E-state index contributed by atoms with van der Waals surface area (Å²) in [6.07, 6.45) is -4.54. The number of fused-ring (bicyclic) bond motifs is 6. The fourth-order valence-electron chi connectivity index (χ4n) is 7.59. The predicted octanol–water partition coefficient (Wildman–Crippen LogP) is 13.0. The number of aromatic nitrogens is 2. The van der Waals surface area contributed by atoms with E-state index in [4.69, 9.17) is 19.2 Å². The fourth-order valence-corrected chi connectivity index (χ4v) is 7.59. The van der Waals surface area contributed by atoms with Crippen LogP contribution in [0.5, 0.6) is 17.2 Å². The summed E-state index contributed by atoms with van der Waals surface area (Å²) in [5.41, 5.74) is 7.75. The summed E-state index contributed by atoms with van der Waals surface area (Å²) in [5, 5.41) is 3.66. The lowest BCUT2D eigenvalue weighted by Gasteiger charge is -2.16. The summed E-state index contributed by atoms with van der Waals surface area (Å²) in [7, 11) is 4.88. The molecule has 8 heteroatoms. The average Bonchev–Trinajstić information content (AvgIpc) is 3.67. The highest BCUT2D eigenvalue weighted by Crippen LogP contribution is 2.43. The van der Waals surface area contributed by atoms with Gasteiger partial charge in [-0.1, -0.05) is 78.9 Å². The third-order valence-electron chi connectivity index (χ3n) is 10.6. The topological polar surface area (TPSA) is 45.5 Å². The van der Waals surface area contributed by atoms with Crippen LogP contribution in [-0.2, 0) is 6.18 Å². The van der Waals surface area contributed by atoms with Gasteiger partial charge in [-0.05, 0) is 123 Å². The monoisotopic (exact) mass is 756 g/mol. The van der Waals surface area contributed by atoms with Crippen LogP contribution in [0.25, 0.3) is 83.0 Å². The molecule has 0 aliphatic carbocycles. The Morgan fingerprint density at radius 3 is 1.35 bits per heavy atom. The number of nitrogens with zero attached hydrogens (tertiary/aromatic N) is 2. The molecule has 5 nitrogen and oxygen atoms in total. The minimum Gasteiger partial charge on any atom is -0.497 e. The summed E-state index contributed by atoms with van der Waals surface area (Å²) >= 11 is 0. The van der Waals surface area contributed by atoms with E-state index in [1.54, 1.807) is 27.4 Å². The van der Waals surface area contributed by atoms with Gasteiger partial charge in [0.1, 0.15) is 23.1 Å². The number of hydrogen-bond donors (Lipinski definition) is 0. The predicted molar refractivity (Wildman–Crippen MR) is 222 cm³/mol. The van der Waals surface area contributed by atoms with Crippen molar-refractivity contribution >= 4 is 32.6 Å². The smallest absolute Gasteiger partial charge is 0.416 e. The summed E-state index contributed by atoms with van der Waals surface area (Å²) in [6, 6.07) is 49.7. The molecule has 0 N–H and O–H groups in total. The first-order valence-corrected chi connectivity index (χ1v) is 18.4. The van der Waals surface area contributed by atoms with Gasteiger partial charge in [0, 0.05) is 22.0 Å². The van der Waals surface area contributed by atoms with E-state index >= 15 is 0 Å². The highest BCUT2D eigenvalue weighted by molar-refractivity contribution is 6.25. The first kappa shape index (κ1) is 35.6. The van der Waals surface area contributed by atoms with Crippen LogP contribution < -0.4 is 14.2 Å². The minimum atomic E-state index is -4.54. The molecule has 0 fully saturated rings. The second-order valence-corrected chi connectivity index (χ2v) is 13.8. The van der Waals surface area contributed by atoms with Gasteiger partial charge in [0.2, 0.25) is 0 Å². The number of rotatable bonds is 8. The zero-order valence-corrected chi connectivity index (χ0v) is 31.3. The highest BCUT2D eigenvalue weighted by atomic mass is 19.4. The SMILES string of the molecule is COc1ccc(-c2ccc(-c3ccc4c5ccc(-c6ccc(OC)cc6)cc5c5nc(-c6ccc(OC)cc6)n(-c6cccc(C(F)(F)F)c6)c5c4c3)cc2)cc1. The number of halogens is 3. The van der Waals surface area contributed by atoms with E-state index in [-0.39, 0.29) is 0 Å². The molecule has 0 amide bonds. The van der Waals surface area contributed by atoms with E-state index in [0.717, 1.165) is 78.1 Å². The Labute approximate surface area is 327 Å². The Kier molecular flexibility index (Phi) is 8.89. The second kappa shape index (κ2) is 14.2. The summed E-state index contributed by atoms with van der Waals surface area (Å²) < 4.78 is 61.0. The molecule has 57 heavy (non-hydrogen) atoms. The maximum Gasteiger partial charge on any atom is 0.416 e. The minimum absolute atomic E-state index is 0.347. The van der Waals surface area contributed by atoms with Crippen LogP contribution in [-0.4, -0.2) is 30.9 Å². The summed E-state index contributed by atoms with van der Waals surface area (Å²) in [4.78, 5) is 5.32. The second-order valence-electron chi connectivity index (χ2n) is 13.8. The molecular formula is C49H35F3N2O3. The molecule has 0 aliphatic heterocycles. The van der Waals surface area contributed by atoms with Crippen molar-refractivity contribution in [2.75, 3.05) is 21.3 Å². The standard InChI is InChI=1S/C49H35F3N2O3/c1-55-39-19-11-31(12-20-39)30-7-9-32(10-8-30)36-18-26-43-42-25-17-35(33-13-21-40(56-2)22-14-33)27-44(42)46-47(45(43)28-36)54(38-6-4-5-37(29-38)49(50,51)52)48(53-46)34-15-23-41(57-3)24-16-34/h4-29H,1-3H3. The average molecular weight is 757 g/mol. The van der Waals surface area contributed by atoms with Crippen molar-refractivity contribution in [1.29, 1.82) is 0 Å². The van der Waals surface area contributed by atoms with Crippen LogP contribution in [0, 0.1) is 0 Å². The Bertz CT molecular complexity index is 2920. The molecular weight excluding hydrogens is 722 g/mol. The molecule has 0 atom stereocenters. The van der Waals surface area contributed by atoms with Crippen molar-refractivity contribution in [3.8, 4) is 67.7 Å². The Morgan fingerprint density at radius 2 is 0.860 bits per heavy atom. The molecule has 8 aromatic carbocycles. The maximum atomic E-state index is 14.3. The molecule has 0 saturated heterocycles. The molecule has 0 radical (unpaired) electrons. The highest BCUT2D eigenvalue weighted by Gasteiger charge is 2.31. The zero-order chi connectivity index (χ0) is 39.3. The molecule has 0 aliphatic rings. The molecule has 9 aromatic rings. The molecule has 1 heterocycles. The first-order chi connectivity index (χ1) is 27.7. The van der Waals surface area contributed by atoms with Gasteiger partial charge in [-0.3, -0.25) is 4.57 Å².